The Morgan fingerprint density at radius 2 is 2.17 bits per heavy atom. The number of carbonyl (C=O) groups excluding carboxylic acids is 1. The Labute approximate surface area is 118 Å². The van der Waals surface area contributed by atoms with E-state index in [2.05, 4.69) is 33.9 Å². The van der Waals surface area contributed by atoms with Crippen LogP contribution in [-0.2, 0) is 11.2 Å². The molecule has 0 fully saturated rings. The van der Waals surface area contributed by atoms with E-state index < -0.39 is 5.97 Å². The van der Waals surface area contributed by atoms with Gasteiger partial charge in [-0.2, -0.15) is 0 Å². The Balaban J connectivity index is 2.60. The van der Waals surface area contributed by atoms with E-state index in [0.717, 1.165) is 16.9 Å². The molecule has 0 saturated carbocycles. The summed E-state index contributed by atoms with van der Waals surface area (Å²) in [7, 11) is 1.37. The fourth-order valence-electron chi connectivity index (χ4n) is 1.76. The smallest absolute Gasteiger partial charge is 0.358 e. The minimum absolute atomic E-state index is 0.371. The van der Waals surface area contributed by atoms with Crippen LogP contribution in [0, 0.1) is 0 Å². The van der Waals surface area contributed by atoms with Crippen LogP contribution < -0.4 is 0 Å². The number of thiazole rings is 1. The van der Waals surface area contributed by atoms with Crippen LogP contribution in [0.4, 0.5) is 0 Å². The van der Waals surface area contributed by atoms with Crippen molar-refractivity contribution >= 4 is 33.2 Å². The molecule has 0 unspecified atom stereocenters. The molecule has 0 atom stereocenters. The van der Waals surface area contributed by atoms with E-state index in [1.807, 2.05) is 18.2 Å². The summed E-state index contributed by atoms with van der Waals surface area (Å²) in [6.45, 7) is 2.09. The zero-order chi connectivity index (χ0) is 13.1. The number of rotatable bonds is 3. The summed E-state index contributed by atoms with van der Waals surface area (Å²) < 4.78 is 5.45. The summed E-state index contributed by atoms with van der Waals surface area (Å²) in [5, 5.41) is 0. The number of nitrogens with zero attached hydrogens (tertiary/aromatic N) is 1. The standard InChI is InChI=1S/C13H12BrNO2S/c1-3-8-6-4-5-7-9(8)11-10(12(16)17-2)15-13(14)18-11/h4-7H,3H2,1-2H3. The number of carbonyl (C=O) groups is 1. The van der Waals surface area contributed by atoms with E-state index in [-0.39, 0.29) is 0 Å². The summed E-state index contributed by atoms with van der Waals surface area (Å²) in [5.41, 5.74) is 2.61. The molecule has 94 valence electrons. The maximum Gasteiger partial charge on any atom is 0.358 e. The van der Waals surface area contributed by atoms with Crippen molar-refractivity contribution in [3.05, 3.63) is 39.4 Å². The van der Waals surface area contributed by atoms with Crippen LogP contribution in [0.5, 0.6) is 0 Å². The van der Waals surface area contributed by atoms with Gasteiger partial charge < -0.3 is 4.74 Å². The Kier molecular flexibility index (Phi) is 4.14. The molecule has 3 nitrogen and oxygen atoms in total. The van der Waals surface area contributed by atoms with Crippen molar-refractivity contribution in [1.82, 2.24) is 4.98 Å². The van der Waals surface area contributed by atoms with Gasteiger partial charge in [0, 0.05) is 0 Å². The molecule has 0 aliphatic rings. The molecule has 0 amide bonds. The van der Waals surface area contributed by atoms with Crippen LogP contribution in [-0.4, -0.2) is 18.1 Å². The molecule has 1 heterocycles. The molecule has 5 heteroatoms. The van der Waals surface area contributed by atoms with Crippen molar-refractivity contribution in [2.75, 3.05) is 7.11 Å². The highest BCUT2D eigenvalue weighted by Crippen LogP contribution is 2.35. The lowest BCUT2D eigenvalue weighted by Crippen LogP contribution is -2.03. The zero-order valence-corrected chi connectivity index (χ0v) is 12.5. The van der Waals surface area contributed by atoms with E-state index in [1.165, 1.54) is 24.0 Å². The number of methoxy groups -OCH3 is 1. The number of aryl methyl sites for hydroxylation is 1. The van der Waals surface area contributed by atoms with E-state index in [0.29, 0.717) is 9.61 Å². The van der Waals surface area contributed by atoms with Crippen LogP contribution in [0.25, 0.3) is 10.4 Å². The van der Waals surface area contributed by atoms with Crippen molar-refractivity contribution in [1.29, 1.82) is 0 Å². The van der Waals surface area contributed by atoms with Gasteiger partial charge in [-0.05, 0) is 33.5 Å². The Hall–Kier alpha value is -1.20. The number of esters is 1. The second-order valence-electron chi connectivity index (χ2n) is 3.65. The Morgan fingerprint density at radius 3 is 2.83 bits per heavy atom. The summed E-state index contributed by atoms with van der Waals surface area (Å²) in [5.74, 6) is -0.405. The summed E-state index contributed by atoms with van der Waals surface area (Å²) >= 11 is 4.77. The van der Waals surface area contributed by atoms with Gasteiger partial charge in [0.25, 0.3) is 0 Å². The van der Waals surface area contributed by atoms with Crippen LogP contribution in [0.3, 0.4) is 0 Å². The first-order chi connectivity index (χ1) is 8.67. The highest BCUT2D eigenvalue weighted by molar-refractivity contribution is 9.11. The molecule has 0 radical (unpaired) electrons. The minimum atomic E-state index is -0.405. The summed E-state index contributed by atoms with van der Waals surface area (Å²) in [6, 6.07) is 8.02. The molecule has 1 aromatic heterocycles. The van der Waals surface area contributed by atoms with Gasteiger partial charge in [0.05, 0.1) is 12.0 Å². The molecule has 1 aromatic carbocycles. The minimum Gasteiger partial charge on any atom is -0.464 e. The van der Waals surface area contributed by atoms with Gasteiger partial charge in [0.15, 0.2) is 9.61 Å². The van der Waals surface area contributed by atoms with Gasteiger partial charge in [-0.15, -0.1) is 11.3 Å². The monoisotopic (exact) mass is 325 g/mol. The molecule has 0 bridgehead atoms. The molecule has 18 heavy (non-hydrogen) atoms. The second kappa shape index (κ2) is 5.63. The maximum absolute atomic E-state index is 11.7. The third-order valence-corrected chi connectivity index (χ3v) is 4.16. The van der Waals surface area contributed by atoms with Crippen LogP contribution in [0.2, 0.25) is 0 Å². The average Bonchev–Trinajstić information content (AvgIpc) is 2.79. The third-order valence-electron chi connectivity index (χ3n) is 2.62. The molecule has 0 spiro atoms. The van der Waals surface area contributed by atoms with E-state index >= 15 is 0 Å². The average molecular weight is 326 g/mol. The lowest BCUT2D eigenvalue weighted by Gasteiger charge is -2.06. The fraction of sp³-hybridized carbons (Fsp3) is 0.231. The number of benzene rings is 1. The van der Waals surface area contributed by atoms with Gasteiger partial charge in [-0.3, -0.25) is 0 Å². The van der Waals surface area contributed by atoms with Crippen LogP contribution >= 0.6 is 27.3 Å². The zero-order valence-electron chi connectivity index (χ0n) is 10.1. The highest BCUT2D eigenvalue weighted by atomic mass is 79.9. The van der Waals surface area contributed by atoms with Crippen LogP contribution in [0.1, 0.15) is 23.0 Å². The lowest BCUT2D eigenvalue weighted by atomic mass is 10.0. The Morgan fingerprint density at radius 1 is 1.44 bits per heavy atom. The van der Waals surface area contributed by atoms with Crippen molar-refractivity contribution in [3.63, 3.8) is 0 Å². The van der Waals surface area contributed by atoms with Gasteiger partial charge in [-0.1, -0.05) is 31.2 Å². The highest BCUT2D eigenvalue weighted by Gasteiger charge is 2.20. The maximum atomic E-state index is 11.7. The third kappa shape index (κ3) is 2.47. The topological polar surface area (TPSA) is 39.2 Å². The predicted molar refractivity (Wildman–Crippen MR) is 76.0 cm³/mol. The molecule has 0 N–H and O–H groups in total. The normalized spacial score (nSPS) is 10.4. The largest absolute Gasteiger partial charge is 0.464 e. The van der Waals surface area contributed by atoms with Crippen molar-refractivity contribution in [2.24, 2.45) is 0 Å². The molecular weight excluding hydrogens is 314 g/mol. The van der Waals surface area contributed by atoms with Crippen molar-refractivity contribution in [3.8, 4) is 10.4 Å². The number of aromatic nitrogens is 1. The van der Waals surface area contributed by atoms with Crippen molar-refractivity contribution in [2.45, 2.75) is 13.3 Å². The van der Waals surface area contributed by atoms with Crippen molar-refractivity contribution < 1.29 is 9.53 Å². The summed E-state index contributed by atoms with van der Waals surface area (Å²) in [4.78, 5) is 16.8. The van der Waals surface area contributed by atoms with Gasteiger partial charge in [0.2, 0.25) is 0 Å². The number of halogens is 1. The van der Waals surface area contributed by atoms with E-state index in [4.69, 9.17) is 4.74 Å². The SMILES string of the molecule is CCc1ccccc1-c1sc(Br)nc1C(=O)OC. The van der Waals surface area contributed by atoms with Gasteiger partial charge >= 0.3 is 5.97 Å². The number of hydrogen-bond acceptors (Lipinski definition) is 4. The van der Waals surface area contributed by atoms with E-state index in [9.17, 15) is 4.79 Å². The first-order valence-electron chi connectivity index (χ1n) is 5.50. The fourth-order valence-corrected chi connectivity index (χ4v) is 3.26. The van der Waals surface area contributed by atoms with Gasteiger partial charge in [0.1, 0.15) is 0 Å². The molecule has 2 aromatic rings. The first kappa shape index (κ1) is 13.2. The Bertz CT molecular complexity index is 580. The van der Waals surface area contributed by atoms with E-state index in [1.54, 1.807) is 0 Å². The van der Waals surface area contributed by atoms with Gasteiger partial charge in [-0.25, -0.2) is 9.78 Å². The summed E-state index contributed by atoms with van der Waals surface area (Å²) in [6.07, 6.45) is 0.909. The number of ether oxygens (including phenoxy) is 1. The first-order valence-corrected chi connectivity index (χ1v) is 7.11. The molecule has 0 saturated heterocycles. The molecular formula is C13H12BrNO2S. The number of hydrogen-bond donors (Lipinski definition) is 0. The molecule has 2 rings (SSSR count). The predicted octanol–water partition coefficient (Wildman–Crippen LogP) is 3.92. The lowest BCUT2D eigenvalue weighted by molar-refractivity contribution is 0.0595. The molecule has 0 aliphatic carbocycles. The quantitative estimate of drug-likeness (QED) is 0.803. The second-order valence-corrected chi connectivity index (χ2v) is 5.92. The molecule has 0 aliphatic heterocycles. The van der Waals surface area contributed by atoms with Crippen LogP contribution in [0.15, 0.2) is 28.2 Å².